The van der Waals surface area contributed by atoms with Crippen LogP contribution in [0.5, 0.6) is 0 Å². The van der Waals surface area contributed by atoms with Crippen LogP contribution < -0.4 is 10.0 Å². The summed E-state index contributed by atoms with van der Waals surface area (Å²) in [6.07, 6.45) is -0.571. The smallest absolute Gasteiger partial charge is 0.240 e. The molecular formula is C15H20N2O3S2. The highest BCUT2D eigenvalue weighted by Gasteiger charge is 2.15. The zero-order chi connectivity index (χ0) is 16.2. The number of hydrogen-bond acceptors (Lipinski definition) is 5. The summed E-state index contributed by atoms with van der Waals surface area (Å²) in [4.78, 5) is 0.236. The van der Waals surface area contributed by atoms with Gasteiger partial charge in [-0.05, 0) is 54.1 Å². The summed E-state index contributed by atoms with van der Waals surface area (Å²) in [6, 6.07) is 8.60. The van der Waals surface area contributed by atoms with Gasteiger partial charge >= 0.3 is 0 Å². The third kappa shape index (κ3) is 4.15. The van der Waals surface area contributed by atoms with Gasteiger partial charge in [-0.3, -0.25) is 0 Å². The van der Waals surface area contributed by atoms with Gasteiger partial charge in [0.15, 0.2) is 0 Å². The first-order valence-electron chi connectivity index (χ1n) is 6.91. The lowest BCUT2D eigenvalue weighted by molar-refractivity contribution is 0.171. The van der Waals surface area contributed by atoms with Crippen molar-refractivity contribution in [2.24, 2.45) is 0 Å². The quantitative estimate of drug-likeness (QED) is 0.721. The highest BCUT2D eigenvalue weighted by Crippen LogP contribution is 2.19. The highest BCUT2D eigenvalue weighted by molar-refractivity contribution is 7.89. The molecule has 0 radical (unpaired) electrons. The fourth-order valence-electron chi connectivity index (χ4n) is 2.06. The Kier molecular flexibility index (Phi) is 5.71. The normalized spacial score (nSPS) is 14.7. The van der Waals surface area contributed by atoms with E-state index in [2.05, 4.69) is 10.0 Å². The molecule has 3 N–H and O–H groups in total. The maximum Gasteiger partial charge on any atom is 0.240 e. The van der Waals surface area contributed by atoms with Gasteiger partial charge in [0.1, 0.15) is 0 Å². The molecule has 7 heteroatoms. The minimum absolute atomic E-state index is 0.0692. The van der Waals surface area contributed by atoms with E-state index in [0.717, 1.165) is 11.1 Å². The van der Waals surface area contributed by atoms with Crippen LogP contribution in [0.15, 0.2) is 46.0 Å². The van der Waals surface area contributed by atoms with Crippen molar-refractivity contribution < 1.29 is 13.5 Å². The lowest BCUT2D eigenvalue weighted by atomic mass is 10.1. The van der Waals surface area contributed by atoms with Gasteiger partial charge in [0.05, 0.1) is 11.0 Å². The molecule has 1 aromatic carbocycles. The first-order chi connectivity index (χ1) is 10.4. The zero-order valence-corrected chi connectivity index (χ0v) is 14.1. The summed E-state index contributed by atoms with van der Waals surface area (Å²) in [5.41, 5.74) is 1.74. The Hall–Kier alpha value is -1.25. The van der Waals surface area contributed by atoms with Crippen molar-refractivity contribution in [2.45, 2.75) is 24.0 Å². The summed E-state index contributed by atoms with van der Waals surface area (Å²) in [6.45, 7) is 2.34. The van der Waals surface area contributed by atoms with E-state index in [1.807, 2.05) is 29.8 Å². The molecule has 0 saturated heterocycles. The zero-order valence-electron chi connectivity index (χ0n) is 12.5. The Morgan fingerprint density at radius 1 is 1.27 bits per heavy atom. The Labute approximate surface area is 135 Å². The van der Waals surface area contributed by atoms with Crippen molar-refractivity contribution >= 4 is 21.4 Å². The largest absolute Gasteiger partial charge is 0.387 e. The summed E-state index contributed by atoms with van der Waals surface area (Å²) < 4.78 is 26.0. The third-order valence-electron chi connectivity index (χ3n) is 3.48. The lowest BCUT2D eigenvalue weighted by Gasteiger charge is -2.17. The molecule has 0 bridgehead atoms. The van der Waals surface area contributed by atoms with Crippen LogP contribution in [0.3, 0.4) is 0 Å². The molecule has 22 heavy (non-hydrogen) atoms. The van der Waals surface area contributed by atoms with E-state index in [4.69, 9.17) is 0 Å². The number of sulfonamides is 1. The fourth-order valence-corrected chi connectivity index (χ4v) is 3.55. The molecular weight excluding hydrogens is 320 g/mol. The van der Waals surface area contributed by atoms with Crippen LogP contribution in [0.2, 0.25) is 0 Å². The summed E-state index contributed by atoms with van der Waals surface area (Å²) >= 11 is 1.54. The van der Waals surface area contributed by atoms with Crippen molar-refractivity contribution in [3.05, 3.63) is 52.2 Å². The van der Waals surface area contributed by atoms with Crippen LogP contribution in [0.4, 0.5) is 0 Å². The number of thiophene rings is 1. The molecule has 0 aliphatic carbocycles. The molecule has 2 rings (SSSR count). The molecule has 2 atom stereocenters. The SMILES string of the molecule is CNS(=O)(=O)c1cccc(C(C)NCC(O)c2ccsc2)c1. The lowest BCUT2D eigenvalue weighted by Crippen LogP contribution is -2.25. The van der Waals surface area contributed by atoms with Crippen LogP contribution in [-0.4, -0.2) is 27.1 Å². The van der Waals surface area contributed by atoms with Crippen molar-refractivity contribution in [1.82, 2.24) is 10.0 Å². The molecule has 0 aliphatic heterocycles. The van der Waals surface area contributed by atoms with E-state index in [1.54, 1.807) is 29.5 Å². The molecule has 5 nitrogen and oxygen atoms in total. The van der Waals surface area contributed by atoms with Gasteiger partial charge < -0.3 is 10.4 Å². The van der Waals surface area contributed by atoms with E-state index in [-0.39, 0.29) is 10.9 Å². The van der Waals surface area contributed by atoms with Crippen LogP contribution in [0.25, 0.3) is 0 Å². The Bertz CT molecular complexity index is 699. The van der Waals surface area contributed by atoms with Crippen LogP contribution >= 0.6 is 11.3 Å². The molecule has 120 valence electrons. The topological polar surface area (TPSA) is 78.4 Å². The number of aliphatic hydroxyl groups is 1. The van der Waals surface area contributed by atoms with Gasteiger partial charge in [-0.1, -0.05) is 12.1 Å². The van der Waals surface area contributed by atoms with Gasteiger partial charge in [-0.15, -0.1) is 0 Å². The summed E-state index contributed by atoms with van der Waals surface area (Å²) in [5, 5.41) is 17.1. The standard InChI is InChI=1S/C15H20N2O3S2/c1-11(17-9-15(18)13-6-7-21-10-13)12-4-3-5-14(8-12)22(19,20)16-2/h3-8,10-11,15-18H,9H2,1-2H3. The van der Waals surface area contributed by atoms with Gasteiger partial charge in [0.25, 0.3) is 0 Å². The van der Waals surface area contributed by atoms with Crippen LogP contribution in [0.1, 0.15) is 30.2 Å². The fraction of sp³-hybridized carbons (Fsp3) is 0.333. The molecule has 0 saturated carbocycles. The number of aliphatic hydroxyl groups excluding tert-OH is 1. The van der Waals surface area contributed by atoms with E-state index >= 15 is 0 Å². The van der Waals surface area contributed by atoms with Gasteiger partial charge in [-0.2, -0.15) is 11.3 Å². The van der Waals surface area contributed by atoms with Crippen molar-refractivity contribution in [3.8, 4) is 0 Å². The van der Waals surface area contributed by atoms with Gasteiger partial charge in [0.2, 0.25) is 10.0 Å². The van der Waals surface area contributed by atoms with Crippen molar-refractivity contribution in [1.29, 1.82) is 0 Å². The number of rotatable bonds is 7. The molecule has 0 amide bonds. The summed E-state index contributed by atoms with van der Waals surface area (Å²) in [7, 11) is -2.06. The van der Waals surface area contributed by atoms with Crippen molar-refractivity contribution in [3.63, 3.8) is 0 Å². The first kappa shape index (κ1) is 17.1. The van der Waals surface area contributed by atoms with Crippen molar-refractivity contribution in [2.75, 3.05) is 13.6 Å². The van der Waals surface area contributed by atoms with E-state index in [9.17, 15) is 13.5 Å². The number of benzene rings is 1. The number of hydrogen-bond donors (Lipinski definition) is 3. The minimum atomic E-state index is -3.45. The first-order valence-corrected chi connectivity index (χ1v) is 9.33. The second kappa shape index (κ2) is 7.34. The molecule has 2 aromatic rings. The Balaban J connectivity index is 2.04. The molecule has 1 aromatic heterocycles. The molecule has 1 heterocycles. The van der Waals surface area contributed by atoms with Gasteiger partial charge in [0, 0.05) is 12.6 Å². The second-order valence-electron chi connectivity index (χ2n) is 4.98. The van der Waals surface area contributed by atoms with E-state index < -0.39 is 16.1 Å². The predicted molar refractivity (Wildman–Crippen MR) is 88.4 cm³/mol. The minimum Gasteiger partial charge on any atom is -0.387 e. The average Bonchev–Trinajstić information content (AvgIpc) is 3.07. The number of nitrogens with one attached hydrogen (secondary N) is 2. The monoisotopic (exact) mass is 340 g/mol. The van der Waals surface area contributed by atoms with Gasteiger partial charge in [-0.25, -0.2) is 13.1 Å². The third-order valence-corrected chi connectivity index (χ3v) is 5.60. The van der Waals surface area contributed by atoms with Crippen LogP contribution in [0, 0.1) is 0 Å². The van der Waals surface area contributed by atoms with E-state index in [1.165, 1.54) is 7.05 Å². The van der Waals surface area contributed by atoms with E-state index in [0.29, 0.717) is 6.54 Å². The molecule has 2 unspecified atom stereocenters. The maximum absolute atomic E-state index is 11.8. The Morgan fingerprint density at radius 2 is 2.05 bits per heavy atom. The summed E-state index contributed by atoms with van der Waals surface area (Å²) in [5.74, 6) is 0. The second-order valence-corrected chi connectivity index (χ2v) is 7.65. The predicted octanol–water partition coefficient (Wildman–Crippen LogP) is 2.04. The van der Waals surface area contributed by atoms with Crippen LogP contribution in [-0.2, 0) is 10.0 Å². The maximum atomic E-state index is 11.8. The molecule has 0 fully saturated rings. The Morgan fingerprint density at radius 3 is 2.68 bits per heavy atom. The highest BCUT2D eigenvalue weighted by atomic mass is 32.2. The average molecular weight is 340 g/mol. The molecule has 0 aliphatic rings. The molecule has 0 spiro atoms.